The zero-order valence-electron chi connectivity index (χ0n) is 14.4. The van der Waals surface area contributed by atoms with Crippen LogP contribution in [0.25, 0.3) is 0 Å². The molecule has 1 N–H and O–H groups in total. The third-order valence-corrected chi connectivity index (χ3v) is 5.84. The summed E-state index contributed by atoms with van der Waals surface area (Å²) in [7, 11) is 0. The molecule has 1 aromatic rings. The molecule has 2 amide bonds. The molecule has 0 bridgehead atoms. The number of carbonyl (C=O) groups excluding carboxylic acids is 2. The summed E-state index contributed by atoms with van der Waals surface area (Å²) in [6, 6.07) is 0. The lowest BCUT2D eigenvalue weighted by atomic mass is 9.98. The van der Waals surface area contributed by atoms with Crippen LogP contribution in [0.2, 0.25) is 0 Å². The molecule has 1 aliphatic carbocycles. The van der Waals surface area contributed by atoms with Gasteiger partial charge in [0.2, 0.25) is 11.8 Å². The highest BCUT2D eigenvalue weighted by atomic mass is 32.1. The van der Waals surface area contributed by atoms with Crippen molar-refractivity contribution in [1.82, 2.24) is 15.2 Å². The zero-order valence-corrected chi connectivity index (χ0v) is 15.2. The summed E-state index contributed by atoms with van der Waals surface area (Å²) in [5.74, 6) is 1.12. The van der Waals surface area contributed by atoms with Crippen LogP contribution in [0.1, 0.15) is 69.5 Å². The number of nitrogens with zero attached hydrogens (tertiary/aromatic N) is 2. The van der Waals surface area contributed by atoms with Gasteiger partial charge >= 0.3 is 0 Å². The average Bonchev–Trinajstić information content (AvgIpc) is 3.34. The van der Waals surface area contributed by atoms with Crippen molar-refractivity contribution in [2.45, 2.75) is 65.2 Å². The number of hydrogen-bond donors (Lipinski definition) is 1. The predicted molar refractivity (Wildman–Crippen MR) is 102 cm³/mol. The number of thiazole rings is 1. The largest absolute Gasteiger partial charge is 0.355 e. The molecule has 1 saturated carbocycles. The Morgan fingerprint density at radius 2 is 2.16 bits per heavy atom. The van der Waals surface area contributed by atoms with Crippen LogP contribution in [0, 0.1) is 5.92 Å². The van der Waals surface area contributed by atoms with E-state index in [4.69, 9.17) is 4.98 Å². The number of carbonyl (C=O) groups is 2. The van der Waals surface area contributed by atoms with Gasteiger partial charge in [-0.25, -0.2) is 4.98 Å². The minimum absolute atomic E-state index is 0. The molecule has 0 aromatic carbocycles. The quantitative estimate of drug-likeness (QED) is 0.806. The van der Waals surface area contributed by atoms with Gasteiger partial charge in [-0.1, -0.05) is 14.4 Å². The van der Waals surface area contributed by atoms with E-state index in [2.05, 4.69) is 17.6 Å². The standard InChI is InChI=1S/C18H27N3O2S.CH4/c1-2-4-16(22)21-10-3-5-14(11-21)18-20-15(12-24-18)8-9-19-17(23)13-6-7-13;/h12-14H,2-11H2,1H3,(H,19,23);1H4. The van der Waals surface area contributed by atoms with E-state index < -0.39 is 0 Å². The highest BCUT2D eigenvalue weighted by Gasteiger charge is 2.29. The molecule has 0 spiro atoms. The summed E-state index contributed by atoms with van der Waals surface area (Å²) in [6.07, 6.45) is 6.61. The minimum atomic E-state index is 0. The van der Waals surface area contributed by atoms with E-state index in [1.807, 2.05) is 4.90 Å². The van der Waals surface area contributed by atoms with E-state index in [0.717, 1.165) is 62.3 Å². The number of nitrogens with one attached hydrogen (secondary N) is 1. The lowest BCUT2D eigenvalue weighted by Crippen LogP contribution is -2.38. The molecule has 2 fully saturated rings. The Labute approximate surface area is 155 Å². The summed E-state index contributed by atoms with van der Waals surface area (Å²) in [6.45, 7) is 4.42. The maximum Gasteiger partial charge on any atom is 0.223 e. The molecule has 1 unspecified atom stereocenters. The first-order chi connectivity index (χ1) is 11.7. The van der Waals surface area contributed by atoms with Crippen molar-refractivity contribution in [2.75, 3.05) is 19.6 Å². The Morgan fingerprint density at radius 3 is 2.88 bits per heavy atom. The van der Waals surface area contributed by atoms with Gasteiger partial charge in [-0.05, 0) is 32.1 Å². The van der Waals surface area contributed by atoms with Gasteiger partial charge in [0.1, 0.15) is 0 Å². The van der Waals surface area contributed by atoms with Crippen molar-refractivity contribution in [2.24, 2.45) is 5.92 Å². The van der Waals surface area contributed by atoms with Crippen LogP contribution in [-0.4, -0.2) is 41.3 Å². The lowest BCUT2D eigenvalue weighted by molar-refractivity contribution is -0.132. The van der Waals surface area contributed by atoms with E-state index in [9.17, 15) is 9.59 Å². The summed E-state index contributed by atoms with van der Waals surface area (Å²) in [5, 5.41) is 6.24. The molecule has 2 aliphatic rings. The Balaban J connectivity index is 0.00000225. The lowest BCUT2D eigenvalue weighted by Gasteiger charge is -2.31. The molecule has 1 atom stereocenters. The van der Waals surface area contributed by atoms with Crippen LogP contribution < -0.4 is 5.32 Å². The van der Waals surface area contributed by atoms with Crippen LogP contribution in [0.3, 0.4) is 0 Å². The van der Waals surface area contributed by atoms with Gasteiger partial charge in [0.15, 0.2) is 0 Å². The SMILES string of the molecule is C.CCCC(=O)N1CCCC(c2nc(CCNC(=O)C3CC3)cs2)C1. The fourth-order valence-electron chi connectivity index (χ4n) is 3.21. The fraction of sp³-hybridized carbons (Fsp3) is 0.737. The molecule has 140 valence electrons. The molecule has 25 heavy (non-hydrogen) atoms. The maximum atomic E-state index is 12.1. The number of rotatable bonds is 7. The van der Waals surface area contributed by atoms with Crippen molar-refractivity contribution >= 4 is 23.2 Å². The van der Waals surface area contributed by atoms with Crippen LogP contribution >= 0.6 is 11.3 Å². The van der Waals surface area contributed by atoms with Crippen LogP contribution in [0.5, 0.6) is 0 Å². The van der Waals surface area contributed by atoms with Crippen molar-refractivity contribution in [3.63, 3.8) is 0 Å². The normalized spacial score (nSPS) is 20.0. The number of likely N-dealkylation sites (tertiary alicyclic amines) is 1. The van der Waals surface area contributed by atoms with Crippen molar-refractivity contribution in [3.8, 4) is 0 Å². The molecule has 5 nitrogen and oxygen atoms in total. The van der Waals surface area contributed by atoms with Crippen molar-refractivity contribution < 1.29 is 9.59 Å². The monoisotopic (exact) mass is 365 g/mol. The van der Waals surface area contributed by atoms with Gasteiger partial charge in [0.05, 0.1) is 10.7 Å². The number of amides is 2. The second kappa shape index (κ2) is 9.32. The Hall–Kier alpha value is -1.43. The highest BCUT2D eigenvalue weighted by molar-refractivity contribution is 7.09. The van der Waals surface area contributed by atoms with E-state index in [-0.39, 0.29) is 25.2 Å². The smallest absolute Gasteiger partial charge is 0.223 e. The molecule has 6 heteroatoms. The number of hydrogen-bond acceptors (Lipinski definition) is 4. The topological polar surface area (TPSA) is 62.3 Å². The highest BCUT2D eigenvalue weighted by Crippen LogP contribution is 2.30. The van der Waals surface area contributed by atoms with Gasteiger partial charge in [0.25, 0.3) is 0 Å². The molecule has 3 rings (SSSR count). The summed E-state index contributed by atoms with van der Waals surface area (Å²) in [4.78, 5) is 30.5. The van der Waals surface area contributed by atoms with E-state index >= 15 is 0 Å². The molecule has 2 heterocycles. The molecular formula is C19H31N3O2S. The van der Waals surface area contributed by atoms with E-state index in [1.54, 1.807) is 11.3 Å². The maximum absolute atomic E-state index is 12.1. The van der Waals surface area contributed by atoms with Crippen LogP contribution in [0.15, 0.2) is 5.38 Å². The van der Waals surface area contributed by atoms with Gasteiger partial charge in [-0.3, -0.25) is 9.59 Å². The van der Waals surface area contributed by atoms with Gasteiger partial charge in [0, 0.05) is 49.7 Å². The Bertz CT molecular complexity index is 583. The fourth-order valence-corrected chi connectivity index (χ4v) is 4.19. The van der Waals surface area contributed by atoms with Crippen molar-refractivity contribution in [1.29, 1.82) is 0 Å². The second-order valence-corrected chi connectivity index (χ2v) is 7.81. The van der Waals surface area contributed by atoms with E-state index in [0.29, 0.717) is 18.9 Å². The summed E-state index contributed by atoms with van der Waals surface area (Å²) < 4.78 is 0. The summed E-state index contributed by atoms with van der Waals surface area (Å²) >= 11 is 1.70. The molecule has 0 radical (unpaired) electrons. The first-order valence-electron chi connectivity index (χ1n) is 9.17. The molecule has 1 aliphatic heterocycles. The van der Waals surface area contributed by atoms with Crippen molar-refractivity contribution in [3.05, 3.63) is 16.1 Å². The summed E-state index contributed by atoms with van der Waals surface area (Å²) in [5.41, 5.74) is 1.06. The first-order valence-corrected chi connectivity index (χ1v) is 10.0. The number of piperidine rings is 1. The Kier molecular flexibility index (Phi) is 7.41. The average molecular weight is 366 g/mol. The molecule has 1 saturated heterocycles. The van der Waals surface area contributed by atoms with Gasteiger partial charge in [-0.2, -0.15) is 0 Å². The third-order valence-electron chi connectivity index (χ3n) is 4.79. The van der Waals surface area contributed by atoms with Gasteiger partial charge < -0.3 is 10.2 Å². The van der Waals surface area contributed by atoms with Gasteiger partial charge in [-0.15, -0.1) is 11.3 Å². The van der Waals surface area contributed by atoms with E-state index in [1.165, 1.54) is 0 Å². The molecular weight excluding hydrogens is 334 g/mol. The Morgan fingerprint density at radius 1 is 1.36 bits per heavy atom. The zero-order chi connectivity index (χ0) is 16.9. The first kappa shape index (κ1) is 19.9. The number of aromatic nitrogens is 1. The second-order valence-electron chi connectivity index (χ2n) is 6.92. The minimum Gasteiger partial charge on any atom is -0.355 e. The predicted octanol–water partition coefficient (Wildman–Crippen LogP) is 3.35. The van der Waals surface area contributed by atoms with Crippen LogP contribution in [-0.2, 0) is 16.0 Å². The third kappa shape index (κ3) is 5.53. The van der Waals surface area contributed by atoms with Crippen LogP contribution in [0.4, 0.5) is 0 Å². The molecule has 1 aromatic heterocycles.